The van der Waals surface area contributed by atoms with Gasteiger partial charge in [-0.3, -0.25) is 0 Å². The Morgan fingerprint density at radius 2 is 1.29 bits per heavy atom. The molecule has 0 N–H and O–H groups in total. The second-order valence-electron chi connectivity index (χ2n) is 8.21. The van der Waals surface area contributed by atoms with Gasteiger partial charge in [0.1, 0.15) is 7.05 Å². The molecule has 0 unspecified atom stereocenters. The van der Waals surface area contributed by atoms with Crippen LogP contribution in [0.15, 0.2) is 103 Å². The fraction of sp³-hybridized carbons (Fsp3) is 0.0690. The van der Waals surface area contributed by atoms with Crippen molar-refractivity contribution in [3.05, 3.63) is 109 Å². The van der Waals surface area contributed by atoms with E-state index in [1.54, 1.807) is 0 Å². The van der Waals surface area contributed by atoms with Gasteiger partial charge >= 0.3 is 0 Å². The minimum Gasteiger partial charge on any atom is -0.309 e. The van der Waals surface area contributed by atoms with Crippen molar-refractivity contribution in [2.24, 2.45) is 7.05 Å². The van der Waals surface area contributed by atoms with Gasteiger partial charge in [-0.15, -0.1) is 0 Å². The summed E-state index contributed by atoms with van der Waals surface area (Å²) >= 11 is 0. The van der Waals surface area contributed by atoms with E-state index in [-0.39, 0.29) is 0 Å². The molecule has 6 aromatic rings. The minimum absolute atomic E-state index is 1.19. The summed E-state index contributed by atoms with van der Waals surface area (Å²) in [5.41, 5.74) is 8.69. The summed E-state index contributed by atoms with van der Waals surface area (Å²) in [6.45, 7) is 2.17. The second kappa shape index (κ2) is 6.82. The molecular formula is C29H23N2+. The molecule has 2 heteroatoms. The third-order valence-corrected chi connectivity index (χ3v) is 6.41. The molecule has 2 nitrogen and oxygen atoms in total. The molecule has 148 valence electrons. The fourth-order valence-corrected chi connectivity index (χ4v) is 4.86. The monoisotopic (exact) mass is 399 g/mol. The molecule has 31 heavy (non-hydrogen) atoms. The largest absolute Gasteiger partial charge is 0.309 e. The van der Waals surface area contributed by atoms with Crippen LogP contribution < -0.4 is 4.57 Å². The number of pyridine rings is 1. The summed E-state index contributed by atoms with van der Waals surface area (Å²) in [4.78, 5) is 0. The van der Waals surface area contributed by atoms with E-state index in [1.165, 1.54) is 55.2 Å². The molecular weight excluding hydrogens is 376 g/mol. The highest BCUT2D eigenvalue weighted by Gasteiger charge is 2.17. The van der Waals surface area contributed by atoms with Crippen molar-refractivity contribution < 1.29 is 4.57 Å². The van der Waals surface area contributed by atoms with Crippen LogP contribution in [0, 0.1) is 6.92 Å². The van der Waals surface area contributed by atoms with Crippen molar-refractivity contribution in [3.63, 3.8) is 0 Å². The van der Waals surface area contributed by atoms with Crippen molar-refractivity contribution in [2.75, 3.05) is 0 Å². The highest BCUT2D eigenvalue weighted by molar-refractivity contribution is 6.09. The molecule has 0 atom stereocenters. The van der Waals surface area contributed by atoms with Crippen LogP contribution in [0.25, 0.3) is 49.7 Å². The number of benzene rings is 4. The summed E-state index contributed by atoms with van der Waals surface area (Å²) in [5, 5.41) is 3.82. The summed E-state index contributed by atoms with van der Waals surface area (Å²) in [5.74, 6) is 0. The van der Waals surface area contributed by atoms with Gasteiger partial charge in [0.05, 0.1) is 11.0 Å². The van der Waals surface area contributed by atoms with E-state index in [1.807, 2.05) is 0 Å². The third kappa shape index (κ3) is 2.69. The SMILES string of the molecule is Cc1ccccc1-c1ccc2cc(-n3c4ccccc4c4ccccc43)ccc2[n+]1C. The average molecular weight is 400 g/mol. The number of hydrogen-bond acceptors (Lipinski definition) is 0. The van der Waals surface area contributed by atoms with E-state index in [0.717, 1.165) is 0 Å². The number of nitrogens with zero attached hydrogens (tertiary/aromatic N) is 2. The molecule has 0 amide bonds. The number of para-hydroxylation sites is 2. The van der Waals surface area contributed by atoms with Gasteiger partial charge in [0, 0.05) is 39.5 Å². The lowest BCUT2D eigenvalue weighted by atomic mass is 10.0. The van der Waals surface area contributed by atoms with Crippen molar-refractivity contribution in [3.8, 4) is 16.9 Å². The fourth-order valence-electron chi connectivity index (χ4n) is 4.86. The van der Waals surface area contributed by atoms with Crippen molar-refractivity contribution >= 4 is 32.7 Å². The highest BCUT2D eigenvalue weighted by atomic mass is 15.0. The number of aromatic nitrogens is 2. The van der Waals surface area contributed by atoms with Crippen LogP contribution in [0.5, 0.6) is 0 Å². The van der Waals surface area contributed by atoms with Gasteiger partial charge in [-0.25, -0.2) is 0 Å². The zero-order chi connectivity index (χ0) is 20.9. The Balaban J connectivity index is 1.59. The van der Waals surface area contributed by atoms with E-state index in [2.05, 4.69) is 126 Å². The van der Waals surface area contributed by atoms with Crippen LogP contribution in [0.1, 0.15) is 5.56 Å². The van der Waals surface area contributed by atoms with Crippen molar-refractivity contribution in [1.82, 2.24) is 4.57 Å². The topological polar surface area (TPSA) is 8.81 Å². The predicted octanol–water partition coefficient (Wildman–Crippen LogP) is 6.74. The smallest absolute Gasteiger partial charge is 0.213 e. The molecule has 0 fully saturated rings. The Kier molecular flexibility index (Phi) is 3.94. The molecule has 0 saturated heterocycles. The van der Waals surface area contributed by atoms with Gasteiger partial charge in [0.15, 0.2) is 0 Å². The number of fused-ring (bicyclic) bond motifs is 4. The summed E-state index contributed by atoms with van der Waals surface area (Å²) in [7, 11) is 2.16. The molecule has 0 spiro atoms. The molecule has 4 aromatic carbocycles. The van der Waals surface area contributed by atoms with Gasteiger partial charge in [0.2, 0.25) is 11.2 Å². The molecule has 0 bridgehead atoms. The molecule has 0 aliphatic carbocycles. The van der Waals surface area contributed by atoms with Crippen molar-refractivity contribution in [2.45, 2.75) is 6.92 Å². The second-order valence-corrected chi connectivity index (χ2v) is 8.21. The molecule has 6 rings (SSSR count). The quantitative estimate of drug-likeness (QED) is 0.285. The predicted molar refractivity (Wildman–Crippen MR) is 130 cm³/mol. The summed E-state index contributed by atoms with van der Waals surface area (Å²) < 4.78 is 4.67. The van der Waals surface area contributed by atoms with Crippen LogP contribution in [-0.2, 0) is 7.05 Å². The first-order valence-electron chi connectivity index (χ1n) is 10.7. The van der Waals surface area contributed by atoms with Crippen molar-refractivity contribution in [1.29, 1.82) is 0 Å². The van der Waals surface area contributed by atoms with Crippen LogP contribution in [-0.4, -0.2) is 4.57 Å². The lowest BCUT2D eigenvalue weighted by Gasteiger charge is -2.10. The summed E-state index contributed by atoms with van der Waals surface area (Å²) in [6, 6.07) is 37.2. The lowest BCUT2D eigenvalue weighted by Crippen LogP contribution is -2.32. The first-order valence-corrected chi connectivity index (χ1v) is 10.7. The van der Waals surface area contributed by atoms with E-state index in [4.69, 9.17) is 0 Å². The molecule has 0 radical (unpaired) electrons. The number of hydrogen-bond donors (Lipinski definition) is 0. The van der Waals surface area contributed by atoms with Crippen LogP contribution in [0.4, 0.5) is 0 Å². The zero-order valence-electron chi connectivity index (χ0n) is 17.7. The Labute approximate surface area is 181 Å². The lowest BCUT2D eigenvalue weighted by molar-refractivity contribution is -0.633. The van der Waals surface area contributed by atoms with Gasteiger partial charge in [0.25, 0.3) is 0 Å². The summed E-state index contributed by atoms with van der Waals surface area (Å²) in [6.07, 6.45) is 0. The van der Waals surface area contributed by atoms with Gasteiger partial charge < -0.3 is 4.57 Å². The highest BCUT2D eigenvalue weighted by Crippen LogP contribution is 2.32. The van der Waals surface area contributed by atoms with Gasteiger partial charge in [-0.1, -0.05) is 54.6 Å². The maximum absolute atomic E-state index is 2.37. The maximum atomic E-state index is 2.37. The van der Waals surface area contributed by atoms with Gasteiger partial charge in [-0.2, -0.15) is 4.57 Å². The first-order chi connectivity index (χ1) is 15.2. The Morgan fingerprint density at radius 1 is 0.645 bits per heavy atom. The maximum Gasteiger partial charge on any atom is 0.213 e. The first kappa shape index (κ1) is 17.9. The van der Waals surface area contributed by atoms with Crippen LogP contribution in [0.3, 0.4) is 0 Å². The van der Waals surface area contributed by atoms with Crippen LogP contribution >= 0.6 is 0 Å². The van der Waals surface area contributed by atoms with E-state index >= 15 is 0 Å². The third-order valence-electron chi connectivity index (χ3n) is 6.41. The number of rotatable bonds is 2. The Hall–Kier alpha value is -3.91. The average Bonchev–Trinajstić information content (AvgIpc) is 3.14. The zero-order valence-corrected chi connectivity index (χ0v) is 17.7. The van der Waals surface area contributed by atoms with E-state index < -0.39 is 0 Å². The van der Waals surface area contributed by atoms with Crippen LogP contribution in [0.2, 0.25) is 0 Å². The Bertz CT molecular complexity index is 1550. The standard InChI is InChI=1S/C29H23N2/c1-20-9-3-4-10-23(20)27-17-15-21-19-22(16-18-26(21)30(27)2)31-28-13-7-5-11-24(28)25-12-6-8-14-29(25)31/h3-19H,1-2H3/q+1. The van der Waals surface area contributed by atoms with E-state index in [0.29, 0.717) is 0 Å². The molecule has 0 saturated carbocycles. The van der Waals surface area contributed by atoms with E-state index in [9.17, 15) is 0 Å². The minimum atomic E-state index is 1.19. The molecule has 0 aliphatic heterocycles. The number of aryl methyl sites for hydroxylation is 2. The molecule has 2 heterocycles. The molecule has 0 aliphatic rings. The normalized spacial score (nSPS) is 11.5. The molecule has 2 aromatic heterocycles. The Morgan fingerprint density at radius 3 is 2.00 bits per heavy atom. The van der Waals surface area contributed by atoms with Gasteiger partial charge in [-0.05, 0) is 48.9 Å².